The standard InChI is InChI=1S/C15H19BrFNO/c1-18(10-11-5-3-2-4-6-11)15(19)13-9-12(17)7-8-14(13)16/h7-9,11H,2-6,10H2,1H3. The number of hydrogen-bond acceptors (Lipinski definition) is 1. The van der Waals surface area contributed by atoms with Crippen molar-refractivity contribution in [1.29, 1.82) is 0 Å². The summed E-state index contributed by atoms with van der Waals surface area (Å²) in [6.45, 7) is 0.766. The minimum atomic E-state index is -0.377. The Hall–Kier alpha value is -0.900. The molecule has 104 valence electrons. The molecular formula is C15H19BrFNO. The highest BCUT2D eigenvalue weighted by atomic mass is 79.9. The molecule has 0 radical (unpaired) electrons. The molecule has 1 fully saturated rings. The van der Waals surface area contributed by atoms with Gasteiger partial charge in [0, 0.05) is 18.1 Å². The van der Waals surface area contributed by atoms with Gasteiger partial charge >= 0.3 is 0 Å². The van der Waals surface area contributed by atoms with Gasteiger partial charge in [-0.2, -0.15) is 0 Å². The number of hydrogen-bond donors (Lipinski definition) is 0. The van der Waals surface area contributed by atoms with E-state index in [9.17, 15) is 9.18 Å². The van der Waals surface area contributed by atoms with Gasteiger partial charge in [0.05, 0.1) is 5.56 Å². The number of carbonyl (C=O) groups excluding carboxylic acids is 1. The van der Waals surface area contributed by atoms with Gasteiger partial charge in [-0.15, -0.1) is 0 Å². The van der Waals surface area contributed by atoms with Gasteiger partial charge in [0.2, 0.25) is 0 Å². The minimum absolute atomic E-state index is 0.114. The van der Waals surface area contributed by atoms with E-state index in [1.807, 2.05) is 0 Å². The fourth-order valence-electron chi connectivity index (χ4n) is 2.71. The van der Waals surface area contributed by atoms with Crippen LogP contribution in [0.4, 0.5) is 4.39 Å². The molecule has 0 heterocycles. The van der Waals surface area contributed by atoms with Crippen LogP contribution < -0.4 is 0 Å². The van der Waals surface area contributed by atoms with Crippen LogP contribution in [0.2, 0.25) is 0 Å². The first-order chi connectivity index (χ1) is 9.08. The van der Waals surface area contributed by atoms with Crippen LogP contribution in [0.25, 0.3) is 0 Å². The predicted octanol–water partition coefficient (Wildman–Crippen LogP) is 4.24. The highest BCUT2D eigenvalue weighted by Crippen LogP contribution is 2.25. The number of nitrogens with zero attached hydrogens (tertiary/aromatic N) is 1. The van der Waals surface area contributed by atoms with Crippen molar-refractivity contribution in [3.05, 3.63) is 34.1 Å². The highest BCUT2D eigenvalue weighted by molar-refractivity contribution is 9.10. The van der Waals surface area contributed by atoms with Crippen LogP contribution >= 0.6 is 15.9 Å². The van der Waals surface area contributed by atoms with Crippen molar-refractivity contribution in [3.8, 4) is 0 Å². The second-order valence-electron chi connectivity index (χ2n) is 5.31. The molecule has 4 heteroatoms. The van der Waals surface area contributed by atoms with E-state index in [4.69, 9.17) is 0 Å². The van der Waals surface area contributed by atoms with Crippen molar-refractivity contribution in [2.45, 2.75) is 32.1 Å². The number of halogens is 2. The monoisotopic (exact) mass is 327 g/mol. The molecule has 1 aliphatic carbocycles. The summed E-state index contributed by atoms with van der Waals surface area (Å²) in [7, 11) is 1.80. The predicted molar refractivity (Wildman–Crippen MR) is 77.6 cm³/mol. The Balaban J connectivity index is 2.03. The maximum atomic E-state index is 13.2. The summed E-state index contributed by atoms with van der Waals surface area (Å²) in [5.41, 5.74) is 0.401. The molecule has 1 aromatic carbocycles. The zero-order valence-electron chi connectivity index (χ0n) is 11.2. The summed E-state index contributed by atoms with van der Waals surface area (Å²) in [6, 6.07) is 4.23. The average Bonchev–Trinajstić information content (AvgIpc) is 2.42. The smallest absolute Gasteiger partial charge is 0.254 e. The van der Waals surface area contributed by atoms with Gasteiger partial charge in [-0.05, 0) is 52.9 Å². The molecule has 2 nitrogen and oxygen atoms in total. The molecule has 0 atom stereocenters. The number of carbonyl (C=O) groups is 1. The van der Waals surface area contributed by atoms with E-state index in [1.54, 1.807) is 18.0 Å². The summed E-state index contributed by atoms with van der Waals surface area (Å²) in [6.07, 6.45) is 6.22. The Labute approximate surface area is 122 Å². The van der Waals surface area contributed by atoms with Gasteiger partial charge in [0.15, 0.2) is 0 Å². The van der Waals surface area contributed by atoms with Gasteiger partial charge in [-0.1, -0.05) is 19.3 Å². The normalized spacial score (nSPS) is 16.4. The molecule has 2 rings (SSSR count). The van der Waals surface area contributed by atoms with E-state index >= 15 is 0 Å². The van der Waals surface area contributed by atoms with Crippen molar-refractivity contribution in [2.75, 3.05) is 13.6 Å². The zero-order chi connectivity index (χ0) is 13.8. The van der Waals surface area contributed by atoms with Crippen molar-refractivity contribution < 1.29 is 9.18 Å². The SMILES string of the molecule is CN(CC1CCCCC1)C(=O)c1cc(F)ccc1Br. The van der Waals surface area contributed by atoms with Gasteiger partial charge < -0.3 is 4.90 Å². The van der Waals surface area contributed by atoms with Crippen LogP contribution in [0.5, 0.6) is 0 Å². The summed E-state index contributed by atoms with van der Waals surface area (Å²) >= 11 is 3.31. The fourth-order valence-corrected chi connectivity index (χ4v) is 3.12. The van der Waals surface area contributed by atoms with Crippen molar-refractivity contribution in [2.24, 2.45) is 5.92 Å². The van der Waals surface area contributed by atoms with E-state index in [2.05, 4.69) is 15.9 Å². The summed E-state index contributed by atoms with van der Waals surface area (Å²) in [5.74, 6) is 0.101. The molecule has 19 heavy (non-hydrogen) atoms. The van der Waals surface area contributed by atoms with Gasteiger partial charge in [0.1, 0.15) is 5.82 Å². The van der Waals surface area contributed by atoms with Gasteiger partial charge in [-0.25, -0.2) is 4.39 Å². The maximum Gasteiger partial charge on any atom is 0.254 e. The lowest BCUT2D eigenvalue weighted by molar-refractivity contribution is 0.0759. The lowest BCUT2D eigenvalue weighted by Crippen LogP contribution is -2.32. The van der Waals surface area contributed by atoms with Crippen LogP contribution in [-0.4, -0.2) is 24.4 Å². The van der Waals surface area contributed by atoms with Crippen LogP contribution in [0.3, 0.4) is 0 Å². The molecule has 1 amide bonds. The number of benzene rings is 1. The summed E-state index contributed by atoms with van der Waals surface area (Å²) < 4.78 is 13.9. The second kappa shape index (κ2) is 6.51. The van der Waals surface area contributed by atoms with E-state index in [0.717, 1.165) is 6.54 Å². The molecule has 1 saturated carbocycles. The minimum Gasteiger partial charge on any atom is -0.341 e. The molecule has 0 unspecified atom stereocenters. The molecule has 0 N–H and O–H groups in total. The molecule has 1 aromatic rings. The summed E-state index contributed by atoms with van der Waals surface area (Å²) in [5, 5.41) is 0. The number of amides is 1. The Morgan fingerprint density at radius 3 is 2.74 bits per heavy atom. The molecule has 1 aliphatic rings. The third-order valence-electron chi connectivity index (χ3n) is 3.76. The van der Waals surface area contributed by atoms with Crippen molar-refractivity contribution in [3.63, 3.8) is 0 Å². The molecular weight excluding hydrogens is 309 g/mol. The molecule has 0 aliphatic heterocycles. The first-order valence-electron chi connectivity index (χ1n) is 6.78. The Morgan fingerprint density at radius 2 is 2.05 bits per heavy atom. The third-order valence-corrected chi connectivity index (χ3v) is 4.45. The third kappa shape index (κ3) is 3.78. The van der Waals surface area contributed by atoms with E-state index in [0.29, 0.717) is 16.0 Å². The molecule has 0 spiro atoms. The Bertz CT molecular complexity index is 457. The first kappa shape index (κ1) is 14.5. The van der Waals surface area contributed by atoms with Crippen LogP contribution in [-0.2, 0) is 0 Å². The fraction of sp³-hybridized carbons (Fsp3) is 0.533. The Kier molecular flexibility index (Phi) is 4.97. The van der Waals surface area contributed by atoms with Crippen molar-refractivity contribution >= 4 is 21.8 Å². The molecule has 0 aromatic heterocycles. The zero-order valence-corrected chi connectivity index (χ0v) is 12.7. The number of rotatable bonds is 3. The lowest BCUT2D eigenvalue weighted by atomic mass is 9.89. The molecule has 0 bridgehead atoms. The van der Waals surface area contributed by atoms with Crippen LogP contribution in [0.1, 0.15) is 42.5 Å². The van der Waals surface area contributed by atoms with Crippen molar-refractivity contribution in [1.82, 2.24) is 4.90 Å². The van der Waals surface area contributed by atoms with E-state index < -0.39 is 0 Å². The topological polar surface area (TPSA) is 20.3 Å². The largest absolute Gasteiger partial charge is 0.341 e. The lowest BCUT2D eigenvalue weighted by Gasteiger charge is -2.27. The van der Waals surface area contributed by atoms with E-state index in [1.165, 1.54) is 44.2 Å². The second-order valence-corrected chi connectivity index (χ2v) is 6.17. The Morgan fingerprint density at radius 1 is 1.37 bits per heavy atom. The highest BCUT2D eigenvalue weighted by Gasteiger charge is 2.20. The van der Waals surface area contributed by atoms with Crippen LogP contribution in [0, 0.1) is 11.7 Å². The molecule has 0 saturated heterocycles. The summed E-state index contributed by atoms with van der Waals surface area (Å²) in [4.78, 5) is 14.0. The first-order valence-corrected chi connectivity index (χ1v) is 7.57. The maximum absolute atomic E-state index is 13.2. The quantitative estimate of drug-likeness (QED) is 0.813. The van der Waals surface area contributed by atoms with Gasteiger partial charge in [0.25, 0.3) is 5.91 Å². The average molecular weight is 328 g/mol. The van der Waals surface area contributed by atoms with E-state index in [-0.39, 0.29) is 11.7 Å². The van der Waals surface area contributed by atoms with Gasteiger partial charge in [-0.3, -0.25) is 4.79 Å². The van der Waals surface area contributed by atoms with Crippen LogP contribution in [0.15, 0.2) is 22.7 Å².